The summed E-state index contributed by atoms with van der Waals surface area (Å²) in [6.45, 7) is 3.58. The van der Waals surface area contributed by atoms with Crippen molar-refractivity contribution in [3.8, 4) is 23.2 Å². The van der Waals surface area contributed by atoms with Crippen LogP contribution in [-0.4, -0.2) is 29.5 Å². The Bertz CT molecular complexity index is 712. The van der Waals surface area contributed by atoms with Gasteiger partial charge in [0.15, 0.2) is 5.82 Å². The molecule has 1 aliphatic rings. The highest BCUT2D eigenvalue weighted by Gasteiger charge is 2.19. The van der Waals surface area contributed by atoms with E-state index in [1.54, 1.807) is 12.4 Å². The summed E-state index contributed by atoms with van der Waals surface area (Å²) in [5, 5.41) is 0.690. The molecule has 2 aromatic rings. The number of nitrogens with zero attached hydrogens (tertiary/aromatic N) is 2. The molecule has 1 aromatic heterocycles. The van der Waals surface area contributed by atoms with Crippen molar-refractivity contribution in [1.29, 1.82) is 0 Å². The molecule has 0 radical (unpaired) electrons. The van der Waals surface area contributed by atoms with Gasteiger partial charge in [0.25, 0.3) is 0 Å². The number of aromatic nitrogens is 2. The molecule has 4 nitrogen and oxygen atoms in total. The quantitative estimate of drug-likeness (QED) is 0.792. The highest BCUT2D eigenvalue weighted by atomic mass is 35.5. The lowest BCUT2D eigenvalue weighted by molar-refractivity contribution is -0.170. The van der Waals surface area contributed by atoms with Gasteiger partial charge in [-0.05, 0) is 36.6 Å². The Labute approximate surface area is 147 Å². The van der Waals surface area contributed by atoms with E-state index < -0.39 is 6.29 Å². The fraction of sp³-hybridized carbons (Fsp3) is 0.368. The number of hydrogen-bond donors (Lipinski definition) is 0. The van der Waals surface area contributed by atoms with Gasteiger partial charge in [0.2, 0.25) is 6.29 Å². The summed E-state index contributed by atoms with van der Waals surface area (Å²) < 4.78 is 11.2. The van der Waals surface area contributed by atoms with E-state index in [9.17, 15) is 0 Å². The largest absolute Gasteiger partial charge is 0.342 e. The molecule has 0 spiro atoms. The van der Waals surface area contributed by atoms with E-state index in [-0.39, 0.29) is 0 Å². The lowest BCUT2D eigenvalue weighted by atomic mass is 10.1. The Morgan fingerprint density at radius 3 is 2.42 bits per heavy atom. The first-order valence-electron chi connectivity index (χ1n) is 8.07. The van der Waals surface area contributed by atoms with Crippen molar-refractivity contribution in [3.05, 3.63) is 47.2 Å². The van der Waals surface area contributed by atoms with Crippen LogP contribution in [0.15, 0.2) is 36.7 Å². The van der Waals surface area contributed by atoms with Crippen molar-refractivity contribution in [2.75, 3.05) is 13.2 Å². The molecule has 124 valence electrons. The summed E-state index contributed by atoms with van der Waals surface area (Å²) >= 11 is 5.88. The van der Waals surface area contributed by atoms with E-state index in [1.807, 2.05) is 24.3 Å². The van der Waals surface area contributed by atoms with Gasteiger partial charge in [-0.1, -0.05) is 30.9 Å². The molecule has 24 heavy (non-hydrogen) atoms. The minimum absolute atomic E-state index is 0.464. The highest BCUT2D eigenvalue weighted by Crippen LogP contribution is 2.18. The standard InChI is InChI=1S/C19H19ClN2O2/c1-2-3-15-12-23-18(24-13-15)9-4-14-10-21-19(22-11-14)16-5-7-17(20)8-6-16/h5-8,10-11,15,18H,2-3,12-13H2,1H3. The molecule has 1 saturated heterocycles. The molecule has 0 N–H and O–H groups in total. The summed E-state index contributed by atoms with van der Waals surface area (Å²) in [5.74, 6) is 7.10. The van der Waals surface area contributed by atoms with Gasteiger partial charge >= 0.3 is 0 Å². The van der Waals surface area contributed by atoms with E-state index in [2.05, 4.69) is 28.7 Å². The van der Waals surface area contributed by atoms with Crippen LogP contribution in [0.4, 0.5) is 0 Å². The molecule has 0 atom stereocenters. The number of halogens is 1. The van der Waals surface area contributed by atoms with Crippen LogP contribution in [0.2, 0.25) is 5.02 Å². The lowest BCUT2D eigenvalue weighted by Crippen LogP contribution is -2.31. The van der Waals surface area contributed by atoms with E-state index in [0.29, 0.717) is 30.0 Å². The number of hydrogen-bond acceptors (Lipinski definition) is 4. The first-order chi connectivity index (χ1) is 11.7. The van der Waals surface area contributed by atoms with E-state index in [4.69, 9.17) is 21.1 Å². The maximum Gasteiger partial charge on any atom is 0.222 e. The fourth-order valence-electron chi connectivity index (χ4n) is 2.48. The van der Waals surface area contributed by atoms with Crippen molar-refractivity contribution in [2.24, 2.45) is 5.92 Å². The van der Waals surface area contributed by atoms with Crippen molar-refractivity contribution in [3.63, 3.8) is 0 Å². The zero-order chi connectivity index (χ0) is 16.8. The lowest BCUT2D eigenvalue weighted by Gasteiger charge is -2.26. The van der Waals surface area contributed by atoms with Crippen LogP contribution in [0.1, 0.15) is 25.3 Å². The van der Waals surface area contributed by atoms with E-state index in [1.165, 1.54) is 0 Å². The maximum atomic E-state index is 5.88. The molecule has 0 unspecified atom stereocenters. The van der Waals surface area contributed by atoms with Crippen LogP contribution >= 0.6 is 11.6 Å². The summed E-state index contributed by atoms with van der Waals surface area (Å²) in [6.07, 6.45) is 5.21. The minimum Gasteiger partial charge on any atom is -0.342 e. The van der Waals surface area contributed by atoms with Gasteiger partial charge in [0.05, 0.1) is 18.8 Å². The normalized spacial score (nSPS) is 20.2. The van der Waals surface area contributed by atoms with Gasteiger partial charge in [-0.2, -0.15) is 0 Å². The molecule has 1 aromatic carbocycles. The monoisotopic (exact) mass is 342 g/mol. The topological polar surface area (TPSA) is 44.2 Å². The summed E-state index contributed by atoms with van der Waals surface area (Å²) in [7, 11) is 0. The van der Waals surface area contributed by atoms with Gasteiger partial charge < -0.3 is 9.47 Å². The number of rotatable bonds is 3. The average molecular weight is 343 g/mol. The Kier molecular flexibility index (Phi) is 5.81. The average Bonchev–Trinajstić information content (AvgIpc) is 2.63. The predicted molar refractivity (Wildman–Crippen MR) is 93.4 cm³/mol. The van der Waals surface area contributed by atoms with Crippen LogP contribution < -0.4 is 0 Å². The third kappa shape index (κ3) is 4.55. The molecule has 0 amide bonds. The maximum absolute atomic E-state index is 5.88. The molecule has 3 rings (SSSR count). The second-order valence-corrected chi connectivity index (χ2v) is 6.16. The molecule has 5 heteroatoms. The van der Waals surface area contributed by atoms with E-state index >= 15 is 0 Å². The van der Waals surface area contributed by atoms with Gasteiger partial charge in [-0.3, -0.25) is 0 Å². The van der Waals surface area contributed by atoms with Crippen LogP contribution in [0.3, 0.4) is 0 Å². The van der Waals surface area contributed by atoms with Gasteiger partial charge in [-0.25, -0.2) is 9.97 Å². The summed E-state index contributed by atoms with van der Waals surface area (Å²) in [6, 6.07) is 7.41. The molecule has 0 saturated carbocycles. The van der Waals surface area contributed by atoms with Gasteiger partial charge in [0, 0.05) is 28.9 Å². The van der Waals surface area contributed by atoms with Crippen molar-refractivity contribution >= 4 is 11.6 Å². The third-order valence-corrected chi connectivity index (χ3v) is 4.00. The third-order valence-electron chi connectivity index (χ3n) is 3.75. The Balaban J connectivity index is 1.60. The Morgan fingerprint density at radius 2 is 1.79 bits per heavy atom. The van der Waals surface area contributed by atoms with Gasteiger partial charge in [-0.15, -0.1) is 0 Å². The molecular weight excluding hydrogens is 324 g/mol. The molecule has 2 heterocycles. The van der Waals surface area contributed by atoms with Crippen LogP contribution in [-0.2, 0) is 9.47 Å². The highest BCUT2D eigenvalue weighted by molar-refractivity contribution is 6.30. The zero-order valence-electron chi connectivity index (χ0n) is 13.5. The number of ether oxygens (including phenoxy) is 2. The Hall–Kier alpha value is -1.93. The second kappa shape index (κ2) is 8.25. The molecule has 0 bridgehead atoms. The second-order valence-electron chi connectivity index (χ2n) is 5.72. The van der Waals surface area contributed by atoms with Crippen molar-refractivity contribution in [2.45, 2.75) is 26.1 Å². The molecule has 1 fully saturated rings. The van der Waals surface area contributed by atoms with E-state index in [0.717, 1.165) is 24.0 Å². The fourth-order valence-corrected chi connectivity index (χ4v) is 2.61. The van der Waals surface area contributed by atoms with Crippen molar-refractivity contribution < 1.29 is 9.47 Å². The number of benzene rings is 1. The first kappa shape index (κ1) is 16.9. The predicted octanol–water partition coefficient (Wildman–Crippen LogP) is 3.94. The summed E-state index contributed by atoms with van der Waals surface area (Å²) in [4.78, 5) is 8.68. The zero-order valence-corrected chi connectivity index (χ0v) is 14.3. The van der Waals surface area contributed by atoms with Crippen LogP contribution in [0.25, 0.3) is 11.4 Å². The Morgan fingerprint density at radius 1 is 1.12 bits per heavy atom. The van der Waals surface area contributed by atoms with Gasteiger partial charge in [0.1, 0.15) is 0 Å². The van der Waals surface area contributed by atoms with Crippen molar-refractivity contribution in [1.82, 2.24) is 9.97 Å². The smallest absolute Gasteiger partial charge is 0.222 e. The SMILES string of the molecule is CCCC1COC(C#Cc2cnc(-c3ccc(Cl)cc3)nc2)OC1. The summed E-state index contributed by atoms with van der Waals surface area (Å²) in [5.41, 5.74) is 1.65. The molecule has 1 aliphatic heterocycles. The minimum atomic E-state index is -0.464. The first-order valence-corrected chi connectivity index (χ1v) is 8.45. The molecule has 0 aliphatic carbocycles. The van der Waals surface area contributed by atoms with Crippen LogP contribution in [0.5, 0.6) is 0 Å². The molecular formula is C19H19ClN2O2. The van der Waals surface area contributed by atoms with Crippen LogP contribution in [0, 0.1) is 17.8 Å².